The van der Waals surface area contributed by atoms with Crippen molar-refractivity contribution in [3.05, 3.63) is 54.5 Å². The zero-order chi connectivity index (χ0) is 18.2. The van der Waals surface area contributed by atoms with Crippen LogP contribution in [0.5, 0.6) is 5.75 Å². The number of thioether (sulfide) groups is 1. The summed E-state index contributed by atoms with van der Waals surface area (Å²) in [6, 6.07) is 9.48. The van der Waals surface area contributed by atoms with Gasteiger partial charge in [0.25, 0.3) is 0 Å². The molecule has 1 aromatic carbocycles. The predicted octanol–water partition coefficient (Wildman–Crippen LogP) is 4.29. The number of oxazole rings is 1. The Balaban J connectivity index is 1.48. The molecule has 0 aliphatic rings. The van der Waals surface area contributed by atoms with Gasteiger partial charge < -0.3 is 9.15 Å². The molecule has 4 aromatic heterocycles. The highest BCUT2D eigenvalue weighted by Crippen LogP contribution is 2.31. The highest BCUT2D eigenvalue weighted by Gasteiger charge is 2.16. The zero-order valence-corrected chi connectivity index (χ0v) is 15.8. The maximum atomic E-state index is 5.93. The number of benzene rings is 1. The number of fused-ring (bicyclic) bond motifs is 2. The zero-order valence-electron chi connectivity index (χ0n) is 14.2. The Morgan fingerprint density at radius 2 is 2.19 bits per heavy atom. The summed E-state index contributed by atoms with van der Waals surface area (Å²) in [5, 5.41) is 4.45. The van der Waals surface area contributed by atoms with Crippen molar-refractivity contribution in [2.75, 3.05) is 6.26 Å². The molecule has 0 atom stereocenters. The van der Waals surface area contributed by atoms with Gasteiger partial charge >= 0.3 is 0 Å². The fourth-order valence-corrected chi connectivity index (χ4v) is 4.00. The Morgan fingerprint density at radius 3 is 3.00 bits per heavy atom. The first-order valence-electron chi connectivity index (χ1n) is 8.12. The first-order chi connectivity index (χ1) is 13.3. The fourth-order valence-electron chi connectivity index (χ4n) is 2.66. The van der Waals surface area contributed by atoms with E-state index < -0.39 is 0 Å². The second-order valence-electron chi connectivity index (χ2n) is 5.70. The lowest BCUT2D eigenvalue weighted by Crippen LogP contribution is -1.96. The van der Waals surface area contributed by atoms with Crippen LogP contribution < -0.4 is 4.74 Å². The molecule has 27 heavy (non-hydrogen) atoms. The van der Waals surface area contributed by atoms with Crippen LogP contribution in [0.4, 0.5) is 0 Å². The maximum Gasteiger partial charge on any atom is 0.248 e. The van der Waals surface area contributed by atoms with Crippen LogP contribution in [-0.2, 0) is 6.61 Å². The van der Waals surface area contributed by atoms with E-state index in [2.05, 4.69) is 20.1 Å². The smallest absolute Gasteiger partial charge is 0.248 e. The quantitative estimate of drug-likeness (QED) is 0.411. The molecular weight excluding hydrogens is 382 g/mol. The third-order valence-electron chi connectivity index (χ3n) is 3.92. The van der Waals surface area contributed by atoms with Gasteiger partial charge in [-0.3, -0.25) is 4.98 Å². The summed E-state index contributed by atoms with van der Waals surface area (Å²) in [7, 11) is 0. The van der Waals surface area contributed by atoms with Gasteiger partial charge in [-0.2, -0.15) is 0 Å². The molecule has 0 saturated carbocycles. The molecule has 0 saturated heterocycles. The van der Waals surface area contributed by atoms with Gasteiger partial charge in [-0.15, -0.1) is 5.10 Å². The van der Waals surface area contributed by atoms with Crippen molar-refractivity contribution in [3.63, 3.8) is 0 Å². The fraction of sp³-hybridized carbons (Fsp3) is 0.111. The van der Waals surface area contributed by atoms with Gasteiger partial charge in [0.1, 0.15) is 18.1 Å². The van der Waals surface area contributed by atoms with E-state index >= 15 is 0 Å². The Bertz CT molecular complexity index is 1200. The van der Waals surface area contributed by atoms with E-state index in [-0.39, 0.29) is 0 Å². The highest BCUT2D eigenvalue weighted by molar-refractivity contribution is 8.00. The van der Waals surface area contributed by atoms with Crippen LogP contribution in [0.3, 0.4) is 0 Å². The largest absolute Gasteiger partial charge is 0.486 e. The van der Waals surface area contributed by atoms with E-state index in [1.807, 2.05) is 42.8 Å². The molecule has 0 spiro atoms. The summed E-state index contributed by atoms with van der Waals surface area (Å²) in [6.07, 6.45) is 7.34. The summed E-state index contributed by atoms with van der Waals surface area (Å²) in [5.41, 5.74) is 2.97. The molecule has 0 aliphatic heterocycles. The number of nitrogens with zero attached hydrogens (tertiary/aromatic N) is 5. The van der Waals surface area contributed by atoms with Gasteiger partial charge in [0, 0.05) is 18.0 Å². The minimum absolute atomic E-state index is 0.413. The van der Waals surface area contributed by atoms with Crippen LogP contribution in [0.15, 0.2) is 57.7 Å². The number of imidazole rings is 1. The monoisotopic (exact) mass is 395 g/mol. The Hall–Kier alpha value is -2.91. The molecule has 4 heterocycles. The number of para-hydroxylation sites is 1. The van der Waals surface area contributed by atoms with Crippen LogP contribution in [0, 0.1) is 0 Å². The Morgan fingerprint density at radius 1 is 1.22 bits per heavy atom. The first kappa shape index (κ1) is 16.3. The van der Waals surface area contributed by atoms with Gasteiger partial charge in [0.15, 0.2) is 15.4 Å². The van der Waals surface area contributed by atoms with Crippen molar-refractivity contribution in [2.45, 2.75) is 10.9 Å². The maximum absolute atomic E-state index is 5.93. The number of aromatic nitrogens is 5. The van der Waals surface area contributed by atoms with E-state index in [0.29, 0.717) is 35.0 Å². The molecule has 0 amide bonds. The van der Waals surface area contributed by atoms with Gasteiger partial charge in [-0.1, -0.05) is 35.2 Å². The summed E-state index contributed by atoms with van der Waals surface area (Å²) in [5.74, 6) is 1.11. The molecule has 5 rings (SSSR count). The first-order valence-corrected chi connectivity index (χ1v) is 10.2. The lowest BCUT2D eigenvalue weighted by atomic mass is 10.3. The third kappa shape index (κ3) is 3.04. The highest BCUT2D eigenvalue weighted by atomic mass is 32.2. The van der Waals surface area contributed by atoms with Crippen LogP contribution in [0.2, 0.25) is 0 Å². The van der Waals surface area contributed by atoms with Gasteiger partial charge in [0.05, 0.1) is 6.20 Å². The molecule has 0 fully saturated rings. The third-order valence-corrected chi connectivity index (χ3v) is 5.82. The molecule has 5 aromatic rings. The topological polar surface area (TPSA) is 78.3 Å². The Kier molecular flexibility index (Phi) is 4.02. The number of rotatable bonds is 5. The summed E-state index contributed by atoms with van der Waals surface area (Å²) in [6.45, 7) is 0.413. The van der Waals surface area contributed by atoms with Gasteiger partial charge in [-0.25, -0.2) is 14.5 Å². The average Bonchev–Trinajstić information content (AvgIpc) is 3.39. The van der Waals surface area contributed by atoms with Crippen LogP contribution in [0.25, 0.3) is 27.6 Å². The van der Waals surface area contributed by atoms with Crippen molar-refractivity contribution >= 4 is 39.2 Å². The van der Waals surface area contributed by atoms with E-state index in [1.165, 1.54) is 11.3 Å². The van der Waals surface area contributed by atoms with Crippen molar-refractivity contribution in [1.82, 2.24) is 24.6 Å². The Labute approximate surface area is 162 Å². The SMILES string of the molecule is CSc1nn2cc(-c3nc4c(OCc5cccnc5)cccc4o3)nc2s1. The van der Waals surface area contributed by atoms with E-state index in [0.717, 1.165) is 14.9 Å². The van der Waals surface area contributed by atoms with Crippen molar-refractivity contribution in [1.29, 1.82) is 0 Å². The number of ether oxygens (including phenoxy) is 1. The summed E-state index contributed by atoms with van der Waals surface area (Å²) >= 11 is 3.13. The molecule has 9 heteroatoms. The molecule has 0 radical (unpaired) electrons. The van der Waals surface area contributed by atoms with Crippen molar-refractivity contribution in [2.24, 2.45) is 0 Å². The summed E-state index contributed by atoms with van der Waals surface area (Å²) in [4.78, 5) is 14.1. The lowest BCUT2D eigenvalue weighted by molar-refractivity contribution is 0.309. The molecule has 7 nitrogen and oxygen atoms in total. The molecule has 0 N–H and O–H groups in total. The van der Waals surface area contributed by atoms with E-state index in [9.17, 15) is 0 Å². The number of hydrogen-bond donors (Lipinski definition) is 0. The average molecular weight is 395 g/mol. The van der Waals surface area contributed by atoms with Crippen LogP contribution >= 0.6 is 23.1 Å². The molecule has 0 unspecified atom stereocenters. The second-order valence-corrected chi connectivity index (χ2v) is 7.71. The standard InChI is InChI=1S/C18H13N5O2S2/c1-26-18-22-23-9-12(20-17(23)27-18)16-21-15-13(5-2-6-14(15)25-16)24-10-11-4-3-7-19-8-11/h2-9H,10H2,1H3. The minimum atomic E-state index is 0.413. The lowest BCUT2D eigenvalue weighted by Gasteiger charge is -2.05. The van der Waals surface area contributed by atoms with Gasteiger partial charge in [0.2, 0.25) is 10.9 Å². The van der Waals surface area contributed by atoms with Crippen molar-refractivity contribution < 1.29 is 9.15 Å². The molecule has 134 valence electrons. The predicted molar refractivity (Wildman–Crippen MR) is 104 cm³/mol. The van der Waals surface area contributed by atoms with Gasteiger partial charge in [-0.05, 0) is 24.5 Å². The summed E-state index contributed by atoms with van der Waals surface area (Å²) < 4.78 is 14.5. The molecule has 0 aliphatic carbocycles. The number of pyridine rings is 1. The van der Waals surface area contributed by atoms with E-state index in [4.69, 9.17) is 9.15 Å². The van der Waals surface area contributed by atoms with E-state index in [1.54, 1.807) is 28.7 Å². The van der Waals surface area contributed by atoms with Crippen molar-refractivity contribution in [3.8, 4) is 17.3 Å². The minimum Gasteiger partial charge on any atom is -0.486 e. The molecular formula is C18H13N5O2S2. The second kappa shape index (κ2) is 6.67. The molecule has 0 bridgehead atoms. The normalized spacial score (nSPS) is 11.4. The number of hydrogen-bond acceptors (Lipinski definition) is 8. The van der Waals surface area contributed by atoms with Crippen LogP contribution in [-0.4, -0.2) is 30.8 Å². The van der Waals surface area contributed by atoms with Crippen LogP contribution in [0.1, 0.15) is 5.56 Å².